The van der Waals surface area contributed by atoms with Gasteiger partial charge in [-0.1, -0.05) is 30.9 Å². The van der Waals surface area contributed by atoms with Crippen LogP contribution in [0.5, 0.6) is 0 Å². The fraction of sp³-hybridized carbons (Fsp3) is 0.444. The highest BCUT2D eigenvalue weighted by molar-refractivity contribution is 5.77. The molecule has 2 N–H and O–H groups in total. The minimum absolute atomic E-state index is 0.137. The first-order chi connectivity index (χ1) is 21.8. The minimum Gasteiger partial charge on any atom is -0.444 e. The Labute approximate surface area is 270 Å². The highest BCUT2D eigenvalue weighted by Gasteiger charge is 2.35. The van der Waals surface area contributed by atoms with Gasteiger partial charge in [0.25, 0.3) is 0 Å². The predicted molar refractivity (Wildman–Crippen MR) is 178 cm³/mol. The third kappa shape index (κ3) is 8.27. The summed E-state index contributed by atoms with van der Waals surface area (Å²) >= 11 is 0. The number of imidazole rings is 2. The molecule has 0 spiro atoms. The van der Waals surface area contributed by atoms with Crippen molar-refractivity contribution in [3.05, 3.63) is 71.4 Å². The van der Waals surface area contributed by atoms with E-state index < -0.39 is 11.2 Å². The molecule has 1 aliphatic rings. The highest BCUT2D eigenvalue weighted by Crippen LogP contribution is 2.33. The van der Waals surface area contributed by atoms with Crippen LogP contribution in [0.1, 0.15) is 96.5 Å². The second kappa shape index (κ2) is 13.3. The summed E-state index contributed by atoms with van der Waals surface area (Å²) in [5, 5.41) is 0. The van der Waals surface area contributed by atoms with Gasteiger partial charge in [-0.05, 0) is 96.7 Å². The van der Waals surface area contributed by atoms with E-state index in [0.29, 0.717) is 25.5 Å². The number of rotatable bonds is 6. The normalized spacial score (nSPS) is 15.0. The number of aromatic nitrogens is 4. The van der Waals surface area contributed by atoms with Gasteiger partial charge in [0.05, 0.1) is 35.5 Å². The molecular weight excluding hydrogens is 580 g/mol. The third-order valence-electron chi connectivity index (χ3n) is 7.36. The summed E-state index contributed by atoms with van der Waals surface area (Å²) in [7, 11) is 0. The lowest BCUT2D eigenvalue weighted by molar-refractivity contribution is 0.0213. The monoisotopic (exact) mass is 624 g/mol. The molecule has 2 amide bonds. The summed E-state index contributed by atoms with van der Waals surface area (Å²) in [4.78, 5) is 44.9. The molecule has 2 aromatic carbocycles. The lowest BCUT2D eigenvalue weighted by atomic mass is 10.1. The van der Waals surface area contributed by atoms with Crippen molar-refractivity contribution in [2.45, 2.75) is 91.5 Å². The molecule has 1 atom stereocenters. The van der Waals surface area contributed by atoms with Crippen LogP contribution >= 0.6 is 0 Å². The SMILES string of the molecule is CCCN(Cc1ncc(-c2ccc(C#Cc3ccc4nc([C@@H]5CCCN5C(=O)OC(C)(C)C)[nH]c4c3)cc2)[nH]1)C(=O)OC(C)(C)C. The number of amides is 2. The zero-order valence-electron chi connectivity index (χ0n) is 27.9. The number of benzene rings is 2. The summed E-state index contributed by atoms with van der Waals surface area (Å²) in [5.74, 6) is 7.97. The third-order valence-corrected chi connectivity index (χ3v) is 7.36. The summed E-state index contributed by atoms with van der Waals surface area (Å²) in [6.07, 6.45) is 3.69. The van der Waals surface area contributed by atoms with Crippen molar-refractivity contribution in [1.29, 1.82) is 0 Å². The Morgan fingerprint density at radius 2 is 1.67 bits per heavy atom. The smallest absolute Gasteiger partial charge is 0.410 e. The van der Waals surface area contributed by atoms with Gasteiger partial charge in [-0.25, -0.2) is 19.6 Å². The number of fused-ring (bicyclic) bond motifs is 1. The van der Waals surface area contributed by atoms with Crippen LogP contribution in [0, 0.1) is 11.8 Å². The molecule has 0 unspecified atom stereocenters. The number of nitrogens with zero attached hydrogens (tertiary/aromatic N) is 4. The van der Waals surface area contributed by atoms with Gasteiger partial charge in [-0.3, -0.25) is 4.90 Å². The van der Waals surface area contributed by atoms with Crippen LogP contribution < -0.4 is 0 Å². The molecule has 1 aliphatic heterocycles. The fourth-order valence-electron chi connectivity index (χ4n) is 5.33. The van der Waals surface area contributed by atoms with Gasteiger partial charge in [0.2, 0.25) is 0 Å². The zero-order valence-corrected chi connectivity index (χ0v) is 27.9. The number of nitrogens with one attached hydrogen (secondary N) is 2. The van der Waals surface area contributed by atoms with Crippen LogP contribution in [0.2, 0.25) is 0 Å². The van der Waals surface area contributed by atoms with Crippen molar-refractivity contribution in [2.24, 2.45) is 0 Å². The Morgan fingerprint density at radius 1 is 0.978 bits per heavy atom. The van der Waals surface area contributed by atoms with E-state index in [-0.39, 0.29) is 18.2 Å². The highest BCUT2D eigenvalue weighted by atomic mass is 16.6. The van der Waals surface area contributed by atoms with Gasteiger partial charge in [0.1, 0.15) is 22.9 Å². The van der Waals surface area contributed by atoms with Crippen LogP contribution in [-0.4, -0.2) is 66.2 Å². The van der Waals surface area contributed by atoms with Crippen molar-refractivity contribution in [3.8, 4) is 23.1 Å². The molecule has 0 bridgehead atoms. The molecule has 2 aromatic heterocycles. The maximum Gasteiger partial charge on any atom is 0.410 e. The maximum atomic E-state index is 12.8. The van der Waals surface area contributed by atoms with E-state index in [1.54, 1.807) is 16.0 Å². The van der Waals surface area contributed by atoms with Gasteiger partial charge < -0.3 is 24.3 Å². The van der Waals surface area contributed by atoms with Crippen molar-refractivity contribution < 1.29 is 19.1 Å². The van der Waals surface area contributed by atoms with E-state index in [1.807, 2.05) is 90.9 Å². The average molecular weight is 625 g/mol. The first-order valence-corrected chi connectivity index (χ1v) is 15.9. The number of H-pyrrole nitrogens is 2. The minimum atomic E-state index is -0.556. The Hall–Kier alpha value is -4.78. The van der Waals surface area contributed by atoms with Gasteiger partial charge in [-0.15, -0.1) is 0 Å². The van der Waals surface area contributed by atoms with Crippen molar-refractivity contribution >= 4 is 23.2 Å². The Kier molecular flexibility index (Phi) is 9.42. The summed E-state index contributed by atoms with van der Waals surface area (Å²) in [6.45, 7) is 14.8. The number of ether oxygens (including phenoxy) is 2. The Balaban J connectivity index is 1.24. The van der Waals surface area contributed by atoms with E-state index in [0.717, 1.165) is 58.5 Å². The molecule has 4 aromatic rings. The molecule has 0 radical (unpaired) electrons. The number of carbonyl (C=O) groups excluding carboxylic acids is 2. The van der Waals surface area contributed by atoms with Gasteiger partial charge in [-0.2, -0.15) is 0 Å². The van der Waals surface area contributed by atoms with Crippen LogP contribution in [-0.2, 0) is 16.0 Å². The molecule has 0 saturated carbocycles. The summed E-state index contributed by atoms with van der Waals surface area (Å²) < 4.78 is 11.2. The van der Waals surface area contributed by atoms with E-state index in [9.17, 15) is 9.59 Å². The van der Waals surface area contributed by atoms with Crippen LogP contribution in [0.15, 0.2) is 48.7 Å². The van der Waals surface area contributed by atoms with Crippen LogP contribution in [0.3, 0.4) is 0 Å². The molecule has 10 heteroatoms. The molecular formula is C36H44N6O4. The molecule has 242 valence electrons. The maximum absolute atomic E-state index is 12.8. The molecule has 46 heavy (non-hydrogen) atoms. The Bertz CT molecular complexity index is 1750. The quantitative estimate of drug-likeness (QED) is 0.214. The van der Waals surface area contributed by atoms with Gasteiger partial charge >= 0.3 is 12.2 Å². The summed E-state index contributed by atoms with van der Waals surface area (Å²) in [5.41, 5.74) is 4.20. The molecule has 10 nitrogen and oxygen atoms in total. The van der Waals surface area contributed by atoms with E-state index >= 15 is 0 Å². The lowest BCUT2D eigenvalue weighted by Gasteiger charge is -2.27. The van der Waals surface area contributed by atoms with Crippen molar-refractivity contribution in [3.63, 3.8) is 0 Å². The molecule has 0 aliphatic carbocycles. The van der Waals surface area contributed by atoms with E-state index in [2.05, 4.69) is 26.8 Å². The molecule has 3 heterocycles. The first-order valence-electron chi connectivity index (χ1n) is 15.9. The van der Waals surface area contributed by atoms with Crippen molar-refractivity contribution in [2.75, 3.05) is 13.1 Å². The Morgan fingerprint density at radius 3 is 2.37 bits per heavy atom. The zero-order chi connectivity index (χ0) is 33.1. The van der Waals surface area contributed by atoms with Gasteiger partial charge in [0, 0.05) is 24.2 Å². The topological polar surface area (TPSA) is 116 Å². The second-order valence-corrected chi connectivity index (χ2v) is 13.7. The number of likely N-dealkylation sites (tertiary alicyclic amines) is 1. The largest absolute Gasteiger partial charge is 0.444 e. The van der Waals surface area contributed by atoms with Crippen LogP contribution in [0.4, 0.5) is 9.59 Å². The predicted octanol–water partition coefficient (Wildman–Crippen LogP) is 7.57. The second-order valence-electron chi connectivity index (χ2n) is 13.7. The number of carbonyl (C=O) groups is 2. The van der Waals surface area contributed by atoms with Gasteiger partial charge in [0.15, 0.2) is 0 Å². The fourth-order valence-corrected chi connectivity index (χ4v) is 5.33. The molecule has 1 fully saturated rings. The van der Waals surface area contributed by atoms with E-state index in [1.165, 1.54) is 0 Å². The van der Waals surface area contributed by atoms with E-state index in [4.69, 9.17) is 14.5 Å². The average Bonchev–Trinajstić information content (AvgIpc) is 3.74. The van der Waals surface area contributed by atoms with Crippen molar-refractivity contribution in [1.82, 2.24) is 29.7 Å². The number of aromatic amines is 2. The molecule has 1 saturated heterocycles. The summed E-state index contributed by atoms with van der Waals surface area (Å²) in [6, 6.07) is 13.7. The number of hydrogen-bond donors (Lipinski definition) is 2. The first kappa shape index (κ1) is 32.6. The van der Waals surface area contributed by atoms with Crippen LogP contribution in [0.25, 0.3) is 22.3 Å². The molecule has 5 rings (SSSR count). The lowest BCUT2D eigenvalue weighted by Crippen LogP contribution is -2.37. The standard InChI is InChI=1S/C36H44N6O4/c1-8-19-41(33(43)45-35(2,3)4)23-31-37-22-29(38-31)26-16-13-24(14-17-26)11-12-25-15-18-27-28(21-25)40-32(39-27)30-10-9-20-42(30)34(44)46-36(5,6)7/h13-18,21-22,30H,8-10,19-20,23H2,1-7H3,(H,37,38)(H,39,40)/t30-/m0/s1. The number of hydrogen-bond acceptors (Lipinski definition) is 6.